The van der Waals surface area contributed by atoms with E-state index in [0.717, 1.165) is 24.2 Å². The molecular formula is C13H20N2O3S. The van der Waals surface area contributed by atoms with Gasteiger partial charge in [0, 0.05) is 18.7 Å². The predicted molar refractivity (Wildman–Crippen MR) is 75.9 cm³/mol. The molecule has 0 atom stereocenters. The van der Waals surface area contributed by atoms with Gasteiger partial charge in [-0.2, -0.15) is 0 Å². The van der Waals surface area contributed by atoms with Crippen LogP contribution >= 0.6 is 0 Å². The van der Waals surface area contributed by atoms with E-state index in [1.54, 1.807) is 12.1 Å². The van der Waals surface area contributed by atoms with E-state index in [4.69, 9.17) is 10.5 Å². The van der Waals surface area contributed by atoms with Crippen LogP contribution in [0.5, 0.6) is 5.75 Å². The summed E-state index contributed by atoms with van der Waals surface area (Å²) in [6.45, 7) is 3.34. The molecule has 1 aliphatic rings. The number of sulfonamides is 1. The molecule has 2 N–H and O–H groups in total. The highest BCUT2D eigenvalue weighted by atomic mass is 32.2. The molecule has 0 amide bonds. The Hall–Kier alpha value is -1.27. The van der Waals surface area contributed by atoms with Crippen molar-refractivity contribution >= 4 is 15.7 Å². The van der Waals surface area contributed by atoms with Crippen molar-refractivity contribution in [3.8, 4) is 5.75 Å². The lowest BCUT2D eigenvalue weighted by molar-refractivity contribution is 0.336. The monoisotopic (exact) mass is 284 g/mol. The lowest BCUT2D eigenvalue weighted by Crippen LogP contribution is -2.37. The first-order valence-corrected chi connectivity index (χ1v) is 8.15. The van der Waals surface area contributed by atoms with Crippen LogP contribution in [0, 0.1) is 0 Å². The average molecular weight is 284 g/mol. The number of hydrogen-bond acceptors (Lipinski definition) is 4. The Morgan fingerprint density at radius 3 is 2.79 bits per heavy atom. The fourth-order valence-corrected chi connectivity index (χ4v) is 3.89. The lowest BCUT2D eigenvalue weighted by Gasteiger charge is -2.28. The third-order valence-electron chi connectivity index (χ3n) is 3.20. The zero-order valence-corrected chi connectivity index (χ0v) is 11.9. The molecule has 19 heavy (non-hydrogen) atoms. The zero-order valence-electron chi connectivity index (χ0n) is 11.1. The molecule has 0 radical (unpaired) electrons. The van der Waals surface area contributed by atoms with E-state index < -0.39 is 10.0 Å². The Morgan fingerprint density at radius 1 is 1.37 bits per heavy atom. The summed E-state index contributed by atoms with van der Waals surface area (Å²) in [7, 11) is -3.18. The van der Waals surface area contributed by atoms with Crippen LogP contribution in [0.1, 0.15) is 25.3 Å². The third-order valence-corrected chi connectivity index (χ3v) is 5.07. The number of benzene rings is 1. The molecule has 2 rings (SSSR count). The highest BCUT2D eigenvalue weighted by molar-refractivity contribution is 7.92. The molecule has 1 heterocycles. The van der Waals surface area contributed by atoms with Crippen LogP contribution < -0.4 is 14.8 Å². The maximum absolute atomic E-state index is 12.1. The Bertz CT molecular complexity index is 543. The van der Waals surface area contributed by atoms with Gasteiger partial charge in [0.15, 0.2) is 0 Å². The Kier molecular flexibility index (Phi) is 4.31. The van der Waals surface area contributed by atoms with Crippen molar-refractivity contribution in [1.82, 2.24) is 0 Å². The second-order valence-corrected chi connectivity index (χ2v) is 6.54. The van der Waals surface area contributed by atoms with Crippen LogP contribution in [0.4, 0.5) is 5.69 Å². The molecule has 1 aliphatic heterocycles. The van der Waals surface area contributed by atoms with E-state index in [0.29, 0.717) is 25.4 Å². The van der Waals surface area contributed by atoms with Crippen LogP contribution in [-0.2, 0) is 16.6 Å². The average Bonchev–Trinajstić information content (AvgIpc) is 2.39. The Morgan fingerprint density at radius 2 is 2.16 bits per heavy atom. The van der Waals surface area contributed by atoms with E-state index in [-0.39, 0.29) is 5.75 Å². The number of nitrogens with zero attached hydrogens (tertiary/aromatic N) is 1. The van der Waals surface area contributed by atoms with Gasteiger partial charge in [-0.05, 0) is 38.0 Å². The number of ether oxygens (including phenoxy) is 1. The summed E-state index contributed by atoms with van der Waals surface area (Å²) >= 11 is 0. The second-order valence-electron chi connectivity index (χ2n) is 4.52. The van der Waals surface area contributed by atoms with Crippen molar-refractivity contribution in [2.24, 2.45) is 5.73 Å². The van der Waals surface area contributed by atoms with Gasteiger partial charge in [0.1, 0.15) is 5.75 Å². The van der Waals surface area contributed by atoms with Gasteiger partial charge in [-0.1, -0.05) is 0 Å². The summed E-state index contributed by atoms with van der Waals surface area (Å²) in [5.41, 5.74) is 7.22. The molecule has 5 nitrogen and oxygen atoms in total. The summed E-state index contributed by atoms with van der Waals surface area (Å²) < 4.78 is 31.1. The van der Waals surface area contributed by atoms with Crippen molar-refractivity contribution in [2.45, 2.75) is 26.3 Å². The minimum absolute atomic E-state index is 0.220. The van der Waals surface area contributed by atoms with Crippen LogP contribution in [0.25, 0.3) is 0 Å². The first-order valence-electron chi connectivity index (χ1n) is 6.54. The maximum atomic E-state index is 12.1. The van der Waals surface area contributed by atoms with Crippen molar-refractivity contribution < 1.29 is 13.2 Å². The molecule has 0 spiro atoms. The highest BCUT2D eigenvalue weighted by Gasteiger charge is 2.26. The summed E-state index contributed by atoms with van der Waals surface area (Å²) in [4.78, 5) is 0. The van der Waals surface area contributed by atoms with Crippen molar-refractivity contribution in [3.63, 3.8) is 0 Å². The normalized spacial score (nSPS) is 18.3. The molecule has 1 fully saturated rings. The molecule has 0 unspecified atom stereocenters. The Labute approximate surface area is 114 Å². The molecule has 0 saturated carbocycles. The fourth-order valence-electron chi connectivity index (χ4n) is 2.26. The second kappa shape index (κ2) is 5.79. The molecular weight excluding hydrogens is 264 g/mol. The van der Waals surface area contributed by atoms with Crippen molar-refractivity contribution in [1.29, 1.82) is 0 Å². The summed E-state index contributed by atoms with van der Waals surface area (Å²) in [6.07, 6.45) is 1.63. The van der Waals surface area contributed by atoms with E-state index in [1.807, 2.05) is 13.0 Å². The standard InChI is InChI=1S/C13H20N2O3S/c1-2-18-13-6-5-12(9-11(13)10-14)15-7-3-4-8-19(15,16)17/h5-6,9H,2-4,7-8,10,14H2,1H3. The van der Waals surface area contributed by atoms with Crippen molar-refractivity contribution in [3.05, 3.63) is 23.8 Å². The first kappa shape index (κ1) is 14.1. The molecule has 1 aromatic carbocycles. The van der Waals surface area contributed by atoms with Gasteiger partial charge < -0.3 is 10.5 Å². The number of nitrogens with two attached hydrogens (primary N) is 1. The minimum Gasteiger partial charge on any atom is -0.494 e. The van der Waals surface area contributed by atoms with Gasteiger partial charge in [-0.25, -0.2) is 8.42 Å². The Balaban J connectivity index is 2.35. The van der Waals surface area contributed by atoms with Crippen LogP contribution in [0.15, 0.2) is 18.2 Å². The minimum atomic E-state index is -3.18. The van der Waals surface area contributed by atoms with Crippen molar-refractivity contribution in [2.75, 3.05) is 23.2 Å². The summed E-state index contributed by atoms with van der Waals surface area (Å²) in [5, 5.41) is 0. The quantitative estimate of drug-likeness (QED) is 0.909. The summed E-state index contributed by atoms with van der Waals surface area (Å²) in [6, 6.07) is 5.39. The van der Waals surface area contributed by atoms with E-state index in [2.05, 4.69) is 0 Å². The van der Waals surface area contributed by atoms with Gasteiger partial charge in [0.2, 0.25) is 10.0 Å². The van der Waals surface area contributed by atoms with Gasteiger partial charge in [-0.3, -0.25) is 4.31 Å². The maximum Gasteiger partial charge on any atom is 0.235 e. The smallest absolute Gasteiger partial charge is 0.235 e. The lowest BCUT2D eigenvalue weighted by atomic mass is 10.1. The molecule has 1 saturated heterocycles. The van der Waals surface area contributed by atoms with Gasteiger partial charge in [-0.15, -0.1) is 0 Å². The van der Waals surface area contributed by atoms with Gasteiger partial charge in [0.05, 0.1) is 18.0 Å². The predicted octanol–water partition coefficient (Wildman–Crippen LogP) is 1.47. The molecule has 6 heteroatoms. The van der Waals surface area contributed by atoms with Crippen LogP contribution in [0.3, 0.4) is 0 Å². The highest BCUT2D eigenvalue weighted by Crippen LogP contribution is 2.28. The SMILES string of the molecule is CCOc1ccc(N2CCCCS2(=O)=O)cc1CN. The van der Waals surface area contributed by atoms with Gasteiger partial charge >= 0.3 is 0 Å². The number of hydrogen-bond donors (Lipinski definition) is 1. The molecule has 0 aromatic heterocycles. The topological polar surface area (TPSA) is 72.6 Å². The largest absolute Gasteiger partial charge is 0.494 e. The fraction of sp³-hybridized carbons (Fsp3) is 0.538. The first-order chi connectivity index (χ1) is 9.08. The van der Waals surface area contributed by atoms with Gasteiger partial charge in [0.25, 0.3) is 0 Å². The molecule has 0 aliphatic carbocycles. The third kappa shape index (κ3) is 3.01. The van der Waals surface area contributed by atoms with E-state index in [9.17, 15) is 8.42 Å². The molecule has 106 valence electrons. The van der Waals surface area contributed by atoms with Crippen LogP contribution in [-0.4, -0.2) is 27.3 Å². The number of rotatable bonds is 4. The molecule has 0 bridgehead atoms. The van der Waals surface area contributed by atoms with E-state index >= 15 is 0 Å². The van der Waals surface area contributed by atoms with Crippen LogP contribution in [0.2, 0.25) is 0 Å². The number of anilines is 1. The summed E-state index contributed by atoms with van der Waals surface area (Å²) in [5.74, 6) is 0.946. The molecule has 1 aromatic rings. The zero-order chi connectivity index (χ0) is 13.9. The van der Waals surface area contributed by atoms with E-state index in [1.165, 1.54) is 4.31 Å².